The molecule has 2 aromatic rings. The van der Waals surface area contributed by atoms with Crippen molar-refractivity contribution in [1.82, 2.24) is 10.6 Å². The Morgan fingerprint density at radius 3 is 2.40 bits per heavy atom. The van der Waals surface area contributed by atoms with E-state index < -0.39 is 0 Å². The summed E-state index contributed by atoms with van der Waals surface area (Å²) in [5, 5.41) is 6.46. The fraction of sp³-hybridized carbons (Fsp3) is 0.333. The van der Waals surface area contributed by atoms with E-state index >= 15 is 0 Å². The molecule has 1 saturated heterocycles. The van der Waals surface area contributed by atoms with Gasteiger partial charge in [0.2, 0.25) is 0 Å². The highest BCUT2D eigenvalue weighted by atomic mass is 16.2. The van der Waals surface area contributed by atoms with Gasteiger partial charge in [-0.05, 0) is 39.3 Å². The standard InChI is InChI=1S/C21H24N2O2/c1-14-9-11-16(12-10-14)20(24)17-6-3-4-7-18(17)21(25)23-19-8-5-13-22-15(19)2/h3-4,6-7,9-12,15,19,22H,5,8,13H2,1-2H3,(H,23,25). The van der Waals surface area contributed by atoms with Gasteiger partial charge in [0.15, 0.2) is 5.78 Å². The zero-order chi connectivity index (χ0) is 17.8. The van der Waals surface area contributed by atoms with Crippen LogP contribution in [0.25, 0.3) is 0 Å². The van der Waals surface area contributed by atoms with E-state index in [1.165, 1.54) is 0 Å². The van der Waals surface area contributed by atoms with Gasteiger partial charge in [-0.2, -0.15) is 0 Å². The molecule has 1 aliphatic heterocycles. The van der Waals surface area contributed by atoms with Crippen LogP contribution in [0.1, 0.15) is 51.6 Å². The molecular formula is C21H24N2O2. The molecule has 0 aliphatic carbocycles. The molecule has 0 radical (unpaired) electrons. The lowest BCUT2D eigenvalue weighted by atomic mass is 9.96. The molecule has 1 amide bonds. The molecule has 3 rings (SSSR count). The number of piperidine rings is 1. The van der Waals surface area contributed by atoms with Crippen LogP contribution in [-0.2, 0) is 0 Å². The van der Waals surface area contributed by atoms with Gasteiger partial charge < -0.3 is 10.6 Å². The molecule has 2 N–H and O–H groups in total. The average Bonchev–Trinajstić information content (AvgIpc) is 2.63. The largest absolute Gasteiger partial charge is 0.348 e. The molecule has 1 heterocycles. The van der Waals surface area contributed by atoms with Crippen LogP contribution in [0, 0.1) is 6.92 Å². The SMILES string of the molecule is Cc1ccc(C(=O)c2ccccc2C(=O)NC2CCCNC2C)cc1. The number of carbonyl (C=O) groups is 2. The Labute approximate surface area is 148 Å². The van der Waals surface area contributed by atoms with E-state index in [9.17, 15) is 9.59 Å². The lowest BCUT2D eigenvalue weighted by Crippen LogP contribution is -2.52. The first kappa shape index (κ1) is 17.4. The van der Waals surface area contributed by atoms with Gasteiger partial charge in [0.05, 0.1) is 5.56 Å². The van der Waals surface area contributed by atoms with E-state index in [-0.39, 0.29) is 23.8 Å². The smallest absolute Gasteiger partial charge is 0.252 e. The van der Waals surface area contributed by atoms with Crippen molar-refractivity contribution >= 4 is 11.7 Å². The monoisotopic (exact) mass is 336 g/mol. The third kappa shape index (κ3) is 3.97. The van der Waals surface area contributed by atoms with Crippen LogP contribution in [0.3, 0.4) is 0 Å². The maximum atomic E-state index is 12.8. The number of rotatable bonds is 4. The van der Waals surface area contributed by atoms with Crippen LogP contribution in [0.2, 0.25) is 0 Å². The minimum Gasteiger partial charge on any atom is -0.348 e. The molecule has 0 aromatic heterocycles. The van der Waals surface area contributed by atoms with Gasteiger partial charge in [-0.1, -0.05) is 48.0 Å². The molecule has 2 aromatic carbocycles. The fourth-order valence-electron chi connectivity index (χ4n) is 3.23. The van der Waals surface area contributed by atoms with Gasteiger partial charge in [0, 0.05) is 23.2 Å². The Bertz CT molecular complexity index is 768. The first-order chi connectivity index (χ1) is 12.1. The number of ketones is 1. The van der Waals surface area contributed by atoms with Gasteiger partial charge >= 0.3 is 0 Å². The molecule has 130 valence electrons. The number of hydrogen-bond acceptors (Lipinski definition) is 3. The fourth-order valence-corrected chi connectivity index (χ4v) is 3.23. The van der Waals surface area contributed by atoms with Gasteiger partial charge in [0.1, 0.15) is 0 Å². The van der Waals surface area contributed by atoms with Crippen LogP contribution in [0.4, 0.5) is 0 Å². The highest BCUT2D eigenvalue weighted by Gasteiger charge is 2.25. The van der Waals surface area contributed by atoms with Crippen molar-refractivity contribution in [3.05, 3.63) is 70.8 Å². The zero-order valence-corrected chi connectivity index (χ0v) is 14.7. The predicted molar refractivity (Wildman–Crippen MR) is 99.0 cm³/mol. The van der Waals surface area contributed by atoms with E-state index in [1.807, 2.05) is 19.1 Å². The highest BCUT2D eigenvalue weighted by molar-refractivity contribution is 6.15. The molecule has 1 fully saturated rings. The first-order valence-electron chi connectivity index (χ1n) is 8.81. The lowest BCUT2D eigenvalue weighted by molar-refractivity contribution is 0.0911. The molecule has 2 unspecified atom stereocenters. The van der Waals surface area contributed by atoms with E-state index in [1.54, 1.807) is 36.4 Å². The molecule has 0 spiro atoms. The zero-order valence-electron chi connectivity index (χ0n) is 14.7. The van der Waals surface area contributed by atoms with Gasteiger partial charge in [-0.15, -0.1) is 0 Å². The summed E-state index contributed by atoms with van der Waals surface area (Å²) < 4.78 is 0. The summed E-state index contributed by atoms with van der Waals surface area (Å²) in [6.07, 6.45) is 1.99. The summed E-state index contributed by atoms with van der Waals surface area (Å²) in [6, 6.07) is 14.8. The van der Waals surface area contributed by atoms with Gasteiger partial charge in [-0.25, -0.2) is 0 Å². The van der Waals surface area contributed by atoms with Crippen LogP contribution >= 0.6 is 0 Å². The maximum absolute atomic E-state index is 12.8. The van der Waals surface area contributed by atoms with E-state index in [2.05, 4.69) is 17.6 Å². The van der Waals surface area contributed by atoms with Crippen LogP contribution in [-0.4, -0.2) is 30.3 Å². The normalized spacial score (nSPS) is 20.1. The van der Waals surface area contributed by atoms with E-state index in [0.29, 0.717) is 16.7 Å². The Morgan fingerprint density at radius 1 is 1.04 bits per heavy atom. The van der Waals surface area contributed by atoms with Crippen molar-refractivity contribution in [2.45, 2.75) is 38.8 Å². The maximum Gasteiger partial charge on any atom is 0.252 e. The van der Waals surface area contributed by atoms with Crippen LogP contribution in [0.5, 0.6) is 0 Å². The molecule has 0 bridgehead atoms. The molecule has 2 atom stereocenters. The van der Waals surface area contributed by atoms with Crippen LogP contribution in [0.15, 0.2) is 48.5 Å². The summed E-state index contributed by atoms with van der Waals surface area (Å²) in [7, 11) is 0. The van der Waals surface area contributed by atoms with Crippen LogP contribution < -0.4 is 10.6 Å². The lowest BCUT2D eigenvalue weighted by Gasteiger charge is -2.30. The minimum atomic E-state index is -0.184. The molecule has 1 aliphatic rings. The van der Waals surface area contributed by atoms with Crippen molar-refractivity contribution < 1.29 is 9.59 Å². The minimum absolute atomic E-state index is 0.0868. The highest BCUT2D eigenvalue weighted by Crippen LogP contribution is 2.17. The average molecular weight is 336 g/mol. The number of carbonyl (C=O) groups excluding carboxylic acids is 2. The molecule has 4 nitrogen and oxygen atoms in total. The molecule has 4 heteroatoms. The second kappa shape index (κ2) is 7.62. The van der Waals surface area contributed by atoms with E-state index in [4.69, 9.17) is 0 Å². The van der Waals surface area contributed by atoms with Crippen molar-refractivity contribution in [1.29, 1.82) is 0 Å². The van der Waals surface area contributed by atoms with Gasteiger partial charge in [-0.3, -0.25) is 9.59 Å². The number of nitrogens with one attached hydrogen (secondary N) is 2. The van der Waals surface area contributed by atoms with Crippen molar-refractivity contribution in [2.24, 2.45) is 0 Å². The first-order valence-corrected chi connectivity index (χ1v) is 8.81. The van der Waals surface area contributed by atoms with E-state index in [0.717, 1.165) is 24.9 Å². The third-order valence-corrected chi connectivity index (χ3v) is 4.81. The number of benzene rings is 2. The second-order valence-corrected chi connectivity index (χ2v) is 6.71. The van der Waals surface area contributed by atoms with Crippen molar-refractivity contribution in [3.63, 3.8) is 0 Å². The summed E-state index contributed by atoms with van der Waals surface area (Å²) >= 11 is 0. The van der Waals surface area contributed by atoms with Crippen molar-refractivity contribution in [3.8, 4) is 0 Å². The number of aryl methyl sites for hydroxylation is 1. The number of amides is 1. The second-order valence-electron chi connectivity index (χ2n) is 6.71. The van der Waals surface area contributed by atoms with Gasteiger partial charge in [0.25, 0.3) is 5.91 Å². The topological polar surface area (TPSA) is 58.2 Å². The predicted octanol–water partition coefficient (Wildman–Crippen LogP) is 3.10. The Kier molecular flexibility index (Phi) is 5.29. The summed E-state index contributed by atoms with van der Waals surface area (Å²) in [5.74, 6) is -0.308. The van der Waals surface area contributed by atoms with Crippen molar-refractivity contribution in [2.75, 3.05) is 6.54 Å². The number of hydrogen-bond donors (Lipinski definition) is 2. The Morgan fingerprint density at radius 2 is 1.72 bits per heavy atom. The third-order valence-electron chi connectivity index (χ3n) is 4.81. The Balaban J connectivity index is 1.83. The summed E-state index contributed by atoms with van der Waals surface area (Å²) in [4.78, 5) is 25.6. The molecule has 25 heavy (non-hydrogen) atoms. The molecule has 0 saturated carbocycles. The summed E-state index contributed by atoms with van der Waals surface area (Å²) in [5.41, 5.74) is 2.58. The quantitative estimate of drug-likeness (QED) is 0.844. The molecular weight excluding hydrogens is 312 g/mol. The Hall–Kier alpha value is -2.46. The summed E-state index contributed by atoms with van der Waals surface area (Å²) in [6.45, 7) is 5.04.